The number of carbonyl (C=O) groups is 1. The Bertz CT molecular complexity index is 1110. The minimum Gasteiger partial charge on any atom is -0.322 e. The fraction of sp³-hybridized carbons (Fsp3) is 0.304. The van der Waals surface area contributed by atoms with Crippen LogP contribution in [-0.4, -0.2) is 48.0 Å². The fourth-order valence-corrected chi connectivity index (χ4v) is 3.47. The first kappa shape index (κ1) is 21.9. The number of aromatic nitrogens is 1. The molecule has 158 valence electrons. The van der Waals surface area contributed by atoms with Crippen molar-refractivity contribution >= 4 is 34.2 Å². The van der Waals surface area contributed by atoms with Crippen LogP contribution in [0.15, 0.2) is 47.3 Å². The Labute approximate surface area is 181 Å². The van der Waals surface area contributed by atoms with E-state index in [1.165, 1.54) is 0 Å². The molecular weight excluding hydrogens is 400 g/mol. The van der Waals surface area contributed by atoms with Gasteiger partial charge in [-0.2, -0.15) is 0 Å². The van der Waals surface area contributed by atoms with E-state index in [4.69, 9.17) is 11.6 Å². The molecule has 0 atom stereocenters. The summed E-state index contributed by atoms with van der Waals surface area (Å²) >= 11 is 5.92. The van der Waals surface area contributed by atoms with Crippen LogP contribution in [0.2, 0.25) is 5.02 Å². The number of hydrogen-bond acceptors (Lipinski definition) is 3. The summed E-state index contributed by atoms with van der Waals surface area (Å²) in [5, 5.41) is 4.48. The molecule has 7 heteroatoms. The Morgan fingerprint density at radius 2 is 1.77 bits per heavy atom. The molecule has 0 unspecified atom stereocenters. The first-order chi connectivity index (χ1) is 14.2. The highest BCUT2D eigenvalue weighted by Gasteiger charge is 2.17. The summed E-state index contributed by atoms with van der Waals surface area (Å²) in [5.41, 5.74) is 4.03. The summed E-state index contributed by atoms with van der Waals surface area (Å²) in [6.45, 7) is 5.40. The number of likely N-dealkylation sites (N-methyl/N-ethyl adjacent to an activating group) is 1. The Hall–Kier alpha value is -2.83. The predicted molar refractivity (Wildman–Crippen MR) is 123 cm³/mol. The van der Waals surface area contributed by atoms with Gasteiger partial charge in [0.1, 0.15) is 0 Å². The average Bonchev–Trinajstić information content (AvgIpc) is 2.67. The number of amides is 2. The molecule has 0 bridgehead atoms. The highest BCUT2D eigenvalue weighted by molar-refractivity contribution is 6.30. The third-order valence-electron chi connectivity index (χ3n) is 4.95. The molecule has 0 spiro atoms. The average molecular weight is 427 g/mol. The number of benzene rings is 2. The maximum absolute atomic E-state index is 13.0. The van der Waals surface area contributed by atoms with Gasteiger partial charge in [0, 0.05) is 40.3 Å². The number of nitrogens with zero attached hydrogens (tertiary/aromatic N) is 2. The molecule has 0 saturated heterocycles. The van der Waals surface area contributed by atoms with E-state index in [9.17, 15) is 9.59 Å². The SMILES string of the molecule is Cc1cc(C)c2cc(CN(CCN(C)C)C(=O)Nc3ccc(Cl)cc3)c(=O)[nH]c2c1. The molecule has 3 aromatic rings. The van der Waals surface area contributed by atoms with Crippen molar-refractivity contribution in [1.82, 2.24) is 14.8 Å². The zero-order valence-electron chi connectivity index (χ0n) is 17.8. The molecule has 1 aromatic heterocycles. The number of pyridine rings is 1. The summed E-state index contributed by atoms with van der Waals surface area (Å²) in [6.07, 6.45) is 0. The van der Waals surface area contributed by atoms with Crippen LogP contribution in [0.4, 0.5) is 10.5 Å². The Kier molecular flexibility index (Phi) is 6.80. The molecule has 3 rings (SSSR count). The number of rotatable bonds is 6. The van der Waals surface area contributed by atoms with Crippen LogP contribution >= 0.6 is 11.6 Å². The van der Waals surface area contributed by atoms with Crippen LogP contribution in [0, 0.1) is 13.8 Å². The van der Waals surface area contributed by atoms with E-state index < -0.39 is 0 Å². The number of fused-ring (bicyclic) bond motifs is 1. The van der Waals surface area contributed by atoms with Crippen LogP contribution in [0.1, 0.15) is 16.7 Å². The van der Waals surface area contributed by atoms with Crippen molar-refractivity contribution in [1.29, 1.82) is 0 Å². The highest BCUT2D eigenvalue weighted by atomic mass is 35.5. The van der Waals surface area contributed by atoms with Gasteiger partial charge in [-0.3, -0.25) is 4.79 Å². The number of halogens is 1. The lowest BCUT2D eigenvalue weighted by molar-refractivity contribution is 0.202. The Morgan fingerprint density at radius 1 is 1.07 bits per heavy atom. The summed E-state index contributed by atoms with van der Waals surface area (Å²) in [4.78, 5) is 32.3. The van der Waals surface area contributed by atoms with Crippen LogP contribution in [-0.2, 0) is 6.54 Å². The molecule has 0 fully saturated rings. The Morgan fingerprint density at radius 3 is 2.43 bits per heavy atom. The zero-order chi connectivity index (χ0) is 21.8. The van der Waals surface area contributed by atoms with E-state index in [0.29, 0.717) is 29.4 Å². The number of hydrogen-bond donors (Lipinski definition) is 2. The van der Waals surface area contributed by atoms with Crippen LogP contribution in [0.25, 0.3) is 10.9 Å². The molecule has 0 aliphatic carbocycles. The van der Waals surface area contributed by atoms with E-state index in [2.05, 4.69) is 16.4 Å². The van der Waals surface area contributed by atoms with E-state index >= 15 is 0 Å². The van der Waals surface area contributed by atoms with Gasteiger partial charge in [-0.15, -0.1) is 0 Å². The number of anilines is 1. The van der Waals surface area contributed by atoms with Gasteiger partial charge in [-0.05, 0) is 75.5 Å². The molecule has 0 aliphatic rings. The summed E-state index contributed by atoms with van der Waals surface area (Å²) in [7, 11) is 3.90. The van der Waals surface area contributed by atoms with Crippen LogP contribution in [0.3, 0.4) is 0 Å². The van der Waals surface area contributed by atoms with Gasteiger partial charge in [0.15, 0.2) is 0 Å². The van der Waals surface area contributed by atoms with Crippen LogP contribution < -0.4 is 10.9 Å². The van der Waals surface area contributed by atoms with Crippen molar-refractivity contribution in [2.75, 3.05) is 32.5 Å². The number of aryl methyl sites for hydroxylation is 2. The molecule has 2 amide bonds. The zero-order valence-corrected chi connectivity index (χ0v) is 18.5. The molecule has 1 heterocycles. The van der Waals surface area contributed by atoms with Gasteiger partial charge < -0.3 is 20.1 Å². The minimum absolute atomic E-state index is 0.179. The number of urea groups is 1. The smallest absolute Gasteiger partial charge is 0.322 e. The number of aromatic amines is 1. The largest absolute Gasteiger partial charge is 0.322 e. The first-order valence-electron chi connectivity index (χ1n) is 9.82. The molecule has 0 radical (unpaired) electrons. The normalized spacial score (nSPS) is 11.1. The third-order valence-corrected chi connectivity index (χ3v) is 5.20. The Balaban J connectivity index is 1.88. The summed E-state index contributed by atoms with van der Waals surface area (Å²) in [5.74, 6) is 0. The minimum atomic E-state index is -0.265. The van der Waals surface area contributed by atoms with Gasteiger partial charge in [0.2, 0.25) is 0 Å². The summed E-state index contributed by atoms with van der Waals surface area (Å²) in [6, 6.07) is 12.6. The highest BCUT2D eigenvalue weighted by Crippen LogP contribution is 2.19. The van der Waals surface area contributed by atoms with Gasteiger partial charge in [0.05, 0.1) is 6.54 Å². The number of H-pyrrole nitrogens is 1. The fourth-order valence-electron chi connectivity index (χ4n) is 3.35. The van der Waals surface area contributed by atoms with E-state index in [1.54, 1.807) is 29.2 Å². The predicted octanol–water partition coefficient (Wildman–Crippen LogP) is 4.39. The maximum Gasteiger partial charge on any atom is 0.322 e. The lowest BCUT2D eigenvalue weighted by Gasteiger charge is -2.25. The lowest BCUT2D eigenvalue weighted by Crippen LogP contribution is -2.40. The molecule has 2 N–H and O–H groups in total. The maximum atomic E-state index is 13.0. The van der Waals surface area contributed by atoms with Crippen molar-refractivity contribution in [3.05, 3.63) is 74.5 Å². The molecule has 2 aromatic carbocycles. The van der Waals surface area contributed by atoms with Crippen molar-refractivity contribution in [3.63, 3.8) is 0 Å². The molecule has 6 nitrogen and oxygen atoms in total. The quantitative estimate of drug-likeness (QED) is 0.614. The van der Waals surface area contributed by atoms with Gasteiger partial charge >= 0.3 is 6.03 Å². The van der Waals surface area contributed by atoms with Crippen LogP contribution in [0.5, 0.6) is 0 Å². The van der Waals surface area contributed by atoms with Crippen molar-refractivity contribution in [2.45, 2.75) is 20.4 Å². The second-order valence-electron chi connectivity index (χ2n) is 7.83. The molecule has 0 saturated carbocycles. The second-order valence-corrected chi connectivity index (χ2v) is 8.27. The van der Waals surface area contributed by atoms with Crippen molar-refractivity contribution in [3.8, 4) is 0 Å². The van der Waals surface area contributed by atoms with Gasteiger partial charge in [-0.1, -0.05) is 17.7 Å². The standard InChI is InChI=1S/C23H27ClN4O2/c1-15-11-16(2)20-13-17(22(29)26-21(20)12-15)14-28(10-9-27(3)4)23(30)25-19-7-5-18(24)6-8-19/h5-8,11-13H,9-10,14H2,1-4H3,(H,25,30)(H,26,29). The van der Waals surface area contributed by atoms with Crippen molar-refractivity contribution in [2.24, 2.45) is 0 Å². The van der Waals surface area contributed by atoms with Crippen molar-refractivity contribution < 1.29 is 4.79 Å². The number of nitrogens with one attached hydrogen (secondary N) is 2. The van der Waals surface area contributed by atoms with Gasteiger partial charge in [-0.25, -0.2) is 4.79 Å². The molecule has 30 heavy (non-hydrogen) atoms. The summed E-state index contributed by atoms with van der Waals surface area (Å²) < 4.78 is 0. The monoisotopic (exact) mass is 426 g/mol. The molecular formula is C23H27ClN4O2. The second kappa shape index (κ2) is 9.32. The topological polar surface area (TPSA) is 68.4 Å². The van der Waals surface area contributed by atoms with E-state index in [0.717, 1.165) is 22.0 Å². The van der Waals surface area contributed by atoms with E-state index in [-0.39, 0.29) is 18.1 Å². The molecule has 0 aliphatic heterocycles. The van der Waals surface area contributed by atoms with Gasteiger partial charge in [0.25, 0.3) is 5.56 Å². The number of carbonyl (C=O) groups excluding carboxylic acids is 1. The van der Waals surface area contributed by atoms with E-state index in [1.807, 2.05) is 45.0 Å². The lowest BCUT2D eigenvalue weighted by atomic mass is 10.0. The first-order valence-corrected chi connectivity index (χ1v) is 10.2. The third kappa shape index (κ3) is 5.40.